The molecule has 0 spiro atoms. The maximum Gasteiger partial charge on any atom is 0.271 e. The molecule has 35 heavy (non-hydrogen) atoms. The third-order valence-corrected chi connectivity index (χ3v) is 5.70. The van der Waals surface area contributed by atoms with E-state index in [1.165, 1.54) is 12.1 Å². The number of aromatic hydroxyl groups is 1. The Bertz CT molecular complexity index is 1390. The molecule has 180 valence electrons. The molecule has 0 aliphatic carbocycles. The Morgan fingerprint density at radius 2 is 1.57 bits per heavy atom. The SMILES string of the molecule is CCOc1ccc(C(NC(C)c2cc(F)cc(F)c2)c2cccc(Nc3c(O)c(=O)c3=O)c2)cc1. The van der Waals surface area contributed by atoms with Gasteiger partial charge in [0, 0.05) is 17.8 Å². The van der Waals surface area contributed by atoms with Crippen LogP contribution in [0.1, 0.15) is 42.6 Å². The fourth-order valence-corrected chi connectivity index (χ4v) is 3.92. The lowest BCUT2D eigenvalue weighted by atomic mass is 9.96. The van der Waals surface area contributed by atoms with Gasteiger partial charge in [-0.25, -0.2) is 8.78 Å². The molecule has 0 saturated carbocycles. The van der Waals surface area contributed by atoms with Crippen LogP contribution < -0.4 is 26.2 Å². The molecular formula is C27H24F2N2O4. The van der Waals surface area contributed by atoms with Gasteiger partial charge < -0.3 is 15.2 Å². The maximum absolute atomic E-state index is 13.8. The van der Waals surface area contributed by atoms with Crippen LogP contribution in [-0.4, -0.2) is 11.7 Å². The van der Waals surface area contributed by atoms with Gasteiger partial charge in [-0.05, 0) is 66.9 Å². The topological polar surface area (TPSA) is 87.7 Å². The number of nitrogens with one attached hydrogen (secondary N) is 2. The molecule has 0 aliphatic rings. The van der Waals surface area contributed by atoms with Crippen LogP contribution in [0.5, 0.6) is 11.5 Å². The van der Waals surface area contributed by atoms with Gasteiger partial charge in [0.25, 0.3) is 10.9 Å². The van der Waals surface area contributed by atoms with Crippen LogP contribution >= 0.6 is 0 Å². The molecule has 0 aromatic heterocycles. The number of hydrogen-bond acceptors (Lipinski definition) is 6. The van der Waals surface area contributed by atoms with Crippen LogP contribution in [0.2, 0.25) is 0 Å². The predicted molar refractivity (Wildman–Crippen MR) is 130 cm³/mol. The number of anilines is 2. The zero-order valence-electron chi connectivity index (χ0n) is 19.1. The Labute approximate surface area is 200 Å². The summed E-state index contributed by atoms with van der Waals surface area (Å²) in [4.78, 5) is 23.1. The summed E-state index contributed by atoms with van der Waals surface area (Å²) in [6.07, 6.45) is 0. The van der Waals surface area contributed by atoms with E-state index in [1.807, 2.05) is 37.3 Å². The van der Waals surface area contributed by atoms with Crippen molar-refractivity contribution in [1.82, 2.24) is 5.32 Å². The predicted octanol–water partition coefficient (Wildman–Crippen LogP) is 4.85. The van der Waals surface area contributed by atoms with E-state index in [4.69, 9.17) is 4.74 Å². The number of rotatable bonds is 9. The first-order valence-electron chi connectivity index (χ1n) is 11.1. The second kappa shape index (κ2) is 10.1. The average molecular weight is 478 g/mol. The Hall–Kier alpha value is -4.04. The van der Waals surface area contributed by atoms with Crippen molar-refractivity contribution >= 4 is 11.4 Å². The molecule has 6 nitrogen and oxygen atoms in total. The smallest absolute Gasteiger partial charge is 0.271 e. The van der Waals surface area contributed by atoms with E-state index in [0.717, 1.165) is 17.2 Å². The van der Waals surface area contributed by atoms with Crippen molar-refractivity contribution in [2.75, 3.05) is 11.9 Å². The van der Waals surface area contributed by atoms with Crippen molar-refractivity contribution in [2.24, 2.45) is 0 Å². The summed E-state index contributed by atoms with van der Waals surface area (Å²) >= 11 is 0. The third kappa shape index (κ3) is 5.22. The first-order valence-corrected chi connectivity index (χ1v) is 11.1. The number of halogens is 2. The van der Waals surface area contributed by atoms with E-state index in [2.05, 4.69) is 10.6 Å². The van der Waals surface area contributed by atoms with Crippen LogP contribution in [0, 0.1) is 11.6 Å². The Kier molecular flexibility index (Phi) is 6.93. The van der Waals surface area contributed by atoms with Gasteiger partial charge >= 0.3 is 0 Å². The number of ether oxygens (including phenoxy) is 1. The molecule has 0 amide bonds. The molecule has 2 unspecified atom stereocenters. The highest BCUT2D eigenvalue weighted by Crippen LogP contribution is 2.31. The largest absolute Gasteiger partial charge is 0.502 e. The van der Waals surface area contributed by atoms with Gasteiger partial charge in [0.1, 0.15) is 23.1 Å². The van der Waals surface area contributed by atoms with Gasteiger partial charge in [0.2, 0.25) is 0 Å². The van der Waals surface area contributed by atoms with E-state index in [9.17, 15) is 23.5 Å². The zero-order valence-corrected chi connectivity index (χ0v) is 19.1. The second-order valence-electron chi connectivity index (χ2n) is 8.16. The minimum Gasteiger partial charge on any atom is -0.502 e. The van der Waals surface area contributed by atoms with Crippen LogP contribution in [0.3, 0.4) is 0 Å². The van der Waals surface area contributed by atoms with Gasteiger partial charge in [-0.3, -0.25) is 14.9 Å². The molecule has 4 aromatic carbocycles. The molecule has 0 radical (unpaired) electrons. The van der Waals surface area contributed by atoms with Crippen LogP contribution in [0.4, 0.5) is 20.2 Å². The summed E-state index contributed by atoms with van der Waals surface area (Å²) in [5.41, 5.74) is 0.728. The normalized spacial score (nSPS) is 12.9. The van der Waals surface area contributed by atoms with Gasteiger partial charge in [-0.1, -0.05) is 24.3 Å². The van der Waals surface area contributed by atoms with Crippen molar-refractivity contribution in [2.45, 2.75) is 25.9 Å². The highest BCUT2D eigenvalue weighted by atomic mass is 19.1. The summed E-state index contributed by atoms with van der Waals surface area (Å²) in [7, 11) is 0. The van der Waals surface area contributed by atoms with Crippen molar-refractivity contribution in [1.29, 1.82) is 0 Å². The Morgan fingerprint density at radius 3 is 2.20 bits per heavy atom. The minimum atomic E-state index is -0.922. The van der Waals surface area contributed by atoms with E-state index in [1.54, 1.807) is 25.1 Å². The van der Waals surface area contributed by atoms with E-state index < -0.39 is 40.3 Å². The van der Waals surface area contributed by atoms with Crippen molar-refractivity contribution < 1.29 is 18.6 Å². The summed E-state index contributed by atoms with van der Waals surface area (Å²) in [5.74, 6) is -1.21. The van der Waals surface area contributed by atoms with Gasteiger partial charge in [0.05, 0.1) is 12.6 Å². The first-order chi connectivity index (χ1) is 16.8. The van der Waals surface area contributed by atoms with Crippen LogP contribution in [0.15, 0.2) is 76.3 Å². The van der Waals surface area contributed by atoms with Crippen molar-refractivity contribution in [3.63, 3.8) is 0 Å². The summed E-state index contributed by atoms with van der Waals surface area (Å²) in [5, 5.41) is 15.9. The molecule has 4 aromatic rings. The summed E-state index contributed by atoms with van der Waals surface area (Å²) in [6.45, 7) is 4.23. The molecule has 0 aliphatic heterocycles. The molecule has 8 heteroatoms. The van der Waals surface area contributed by atoms with Crippen LogP contribution in [-0.2, 0) is 0 Å². The quantitative estimate of drug-likeness (QED) is 0.298. The summed E-state index contributed by atoms with van der Waals surface area (Å²) < 4.78 is 33.2. The maximum atomic E-state index is 13.8. The number of hydrogen-bond donors (Lipinski definition) is 3. The van der Waals surface area contributed by atoms with Gasteiger partial charge in [-0.2, -0.15) is 0 Å². The third-order valence-electron chi connectivity index (χ3n) is 5.70. The van der Waals surface area contributed by atoms with Crippen LogP contribution in [0.25, 0.3) is 0 Å². The molecule has 3 N–H and O–H groups in total. The van der Waals surface area contributed by atoms with Crippen molar-refractivity contribution in [3.05, 3.63) is 116 Å². The molecular weight excluding hydrogens is 454 g/mol. The number of benzene rings is 3. The lowest BCUT2D eigenvalue weighted by Gasteiger charge is -2.25. The molecule has 0 saturated heterocycles. The highest BCUT2D eigenvalue weighted by molar-refractivity contribution is 5.69. The standard InChI is InChI=1S/C27H24F2N2O4/c1-3-35-22-9-7-16(8-10-22)23(30-15(2)18-11-19(28)14-20(29)12-18)17-5-4-6-21(13-17)31-24-25(32)27(34)26(24)33/h4-15,23,30-32H,3H2,1-2H3. The highest BCUT2D eigenvalue weighted by Gasteiger charge is 2.22. The minimum absolute atomic E-state index is 0.152. The lowest BCUT2D eigenvalue weighted by molar-refractivity contribution is 0.340. The lowest BCUT2D eigenvalue weighted by Crippen LogP contribution is -2.32. The van der Waals surface area contributed by atoms with Gasteiger partial charge in [0.15, 0.2) is 5.75 Å². The fourth-order valence-electron chi connectivity index (χ4n) is 3.92. The fraction of sp³-hybridized carbons (Fsp3) is 0.185. The second-order valence-corrected chi connectivity index (χ2v) is 8.16. The summed E-state index contributed by atoms with van der Waals surface area (Å²) in [6, 6.07) is 17.1. The molecule has 2 atom stereocenters. The molecule has 4 rings (SSSR count). The van der Waals surface area contributed by atoms with E-state index >= 15 is 0 Å². The van der Waals surface area contributed by atoms with E-state index in [-0.39, 0.29) is 5.69 Å². The molecule has 0 heterocycles. The first kappa shape index (κ1) is 24.1. The van der Waals surface area contributed by atoms with Gasteiger partial charge in [-0.15, -0.1) is 0 Å². The Balaban J connectivity index is 1.68. The monoisotopic (exact) mass is 478 g/mol. The van der Waals surface area contributed by atoms with Crippen molar-refractivity contribution in [3.8, 4) is 11.5 Å². The zero-order chi connectivity index (χ0) is 25.1. The molecule has 0 bridgehead atoms. The van der Waals surface area contributed by atoms with E-state index in [0.29, 0.717) is 23.6 Å². The molecule has 0 fully saturated rings. The average Bonchev–Trinajstić information content (AvgIpc) is 2.85. The Morgan fingerprint density at radius 1 is 0.886 bits per heavy atom.